The lowest BCUT2D eigenvalue weighted by atomic mass is 9.78. The molecule has 0 saturated heterocycles. The van der Waals surface area contributed by atoms with E-state index in [0.717, 1.165) is 27.2 Å². The summed E-state index contributed by atoms with van der Waals surface area (Å²) in [5.74, 6) is 2.04. The van der Waals surface area contributed by atoms with Crippen LogP contribution in [0.4, 0.5) is 10.8 Å². The van der Waals surface area contributed by atoms with Crippen LogP contribution in [0.15, 0.2) is 5.38 Å². The molecule has 0 amide bonds. The van der Waals surface area contributed by atoms with Crippen molar-refractivity contribution in [2.75, 3.05) is 11.1 Å². The van der Waals surface area contributed by atoms with Crippen molar-refractivity contribution in [2.24, 2.45) is 11.8 Å². The molecule has 0 spiro atoms. The smallest absolute Gasteiger partial charge is 0.149 e. The van der Waals surface area contributed by atoms with E-state index in [9.17, 15) is 0 Å². The Kier molecular flexibility index (Phi) is 4.17. The number of rotatable bonds is 3. The van der Waals surface area contributed by atoms with E-state index in [1.165, 1.54) is 30.8 Å². The molecule has 3 unspecified atom stereocenters. The molecule has 1 saturated carbocycles. The lowest BCUT2D eigenvalue weighted by molar-refractivity contribution is 0.253. The van der Waals surface area contributed by atoms with Crippen LogP contribution in [0, 0.1) is 18.8 Å². The zero-order valence-corrected chi connectivity index (χ0v) is 14.4. The molecule has 6 heteroatoms. The molecule has 0 aliphatic heterocycles. The predicted molar refractivity (Wildman–Crippen MR) is 92.0 cm³/mol. The number of thiazole rings is 1. The van der Waals surface area contributed by atoms with Crippen LogP contribution in [0.5, 0.6) is 0 Å². The molecule has 1 fully saturated rings. The molecule has 0 bridgehead atoms. The van der Waals surface area contributed by atoms with Crippen LogP contribution in [-0.2, 0) is 0 Å². The van der Waals surface area contributed by atoms with Gasteiger partial charge in [0.2, 0.25) is 0 Å². The highest BCUT2D eigenvalue weighted by molar-refractivity contribution is 7.15. The Balaban J connectivity index is 1.86. The molecule has 2 aromatic heterocycles. The van der Waals surface area contributed by atoms with Gasteiger partial charge in [0, 0.05) is 17.1 Å². The summed E-state index contributed by atoms with van der Waals surface area (Å²) in [5, 5.41) is 7.80. The summed E-state index contributed by atoms with van der Waals surface area (Å²) < 4.78 is 4.34. The summed E-state index contributed by atoms with van der Waals surface area (Å²) >= 11 is 3.09. The van der Waals surface area contributed by atoms with E-state index < -0.39 is 0 Å². The first kappa shape index (κ1) is 14.8. The summed E-state index contributed by atoms with van der Waals surface area (Å²) in [6, 6.07) is 0.508. The van der Waals surface area contributed by atoms with Crippen LogP contribution in [0.1, 0.15) is 38.8 Å². The number of nitrogens with zero attached hydrogens (tertiary/aromatic N) is 2. The van der Waals surface area contributed by atoms with E-state index in [0.29, 0.717) is 17.8 Å². The summed E-state index contributed by atoms with van der Waals surface area (Å²) in [6.45, 7) is 6.71. The van der Waals surface area contributed by atoms with Gasteiger partial charge < -0.3 is 11.1 Å². The van der Waals surface area contributed by atoms with Crippen molar-refractivity contribution in [2.45, 2.75) is 46.1 Å². The van der Waals surface area contributed by atoms with E-state index in [4.69, 9.17) is 5.73 Å². The monoisotopic (exact) mass is 322 g/mol. The first-order chi connectivity index (χ1) is 10.1. The minimum absolute atomic E-state index is 0.508. The highest BCUT2D eigenvalue weighted by atomic mass is 32.1. The second-order valence-electron chi connectivity index (χ2n) is 6.08. The van der Waals surface area contributed by atoms with E-state index in [2.05, 4.69) is 33.9 Å². The van der Waals surface area contributed by atoms with Crippen molar-refractivity contribution in [1.82, 2.24) is 9.36 Å². The normalized spacial score (nSPS) is 26.0. The van der Waals surface area contributed by atoms with Gasteiger partial charge in [-0.05, 0) is 36.7 Å². The zero-order chi connectivity index (χ0) is 15.0. The number of aryl methyl sites for hydroxylation is 1. The number of aromatic nitrogens is 2. The Labute approximate surface area is 134 Å². The van der Waals surface area contributed by atoms with E-state index in [-0.39, 0.29) is 0 Å². The predicted octanol–water partition coefficient (Wildman–Crippen LogP) is 4.39. The fourth-order valence-corrected chi connectivity index (χ4v) is 4.73. The topological polar surface area (TPSA) is 63.8 Å². The van der Waals surface area contributed by atoms with Crippen LogP contribution in [-0.4, -0.2) is 15.4 Å². The molecule has 2 aromatic rings. The van der Waals surface area contributed by atoms with Gasteiger partial charge in [0.1, 0.15) is 15.8 Å². The second kappa shape index (κ2) is 5.93. The lowest BCUT2D eigenvalue weighted by Crippen LogP contribution is -2.34. The Morgan fingerprint density at radius 3 is 2.86 bits per heavy atom. The molecule has 0 aromatic carbocycles. The highest BCUT2D eigenvalue weighted by Gasteiger charge is 2.28. The average molecular weight is 323 g/mol. The molecule has 2 heterocycles. The molecule has 4 nitrogen and oxygen atoms in total. The maximum atomic E-state index is 6.08. The van der Waals surface area contributed by atoms with Crippen molar-refractivity contribution in [3.63, 3.8) is 0 Å². The fraction of sp³-hybridized carbons (Fsp3) is 0.600. The molecule has 3 atom stereocenters. The molecule has 0 radical (unpaired) electrons. The summed E-state index contributed by atoms with van der Waals surface area (Å²) in [6.07, 6.45) is 3.85. The number of hydrogen-bond donors (Lipinski definition) is 2. The molecule has 21 heavy (non-hydrogen) atoms. The maximum absolute atomic E-state index is 6.08. The van der Waals surface area contributed by atoms with Gasteiger partial charge in [-0.15, -0.1) is 11.3 Å². The van der Waals surface area contributed by atoms with Crippen molar-refractivity contribution in [1.29, 1.82) is 0 Å². The van der Waals surface area contributed by atoms with Crippen molar-refractivity contribution in [3.8, 4) is 10.6 Å². The Morgan fingerprint density at radius 2 is 2.14 bits per heavy atom. The van der Waals surface area contributed by atoms with Gasteiger partial charge in [0.15, 0.2) is 0 Å². The Morgan fingerprint density at radius 1 is 1.33 bits per heavy atom. The van der Waals surface area contributed by atoms with E-state index in [1.807, 2.05) is 6.92 Å². The van der Waals surface area contributed by atoms with E-state index in [1.54, 1.807) is 11.3 Å². The number of nitrogens with one attached hydrogen (secondary N) is 1. The number of nitrogens with two attached hydrogens (primary N) is 1. The first-order valence-electron chi connectivity index (χ1n) is 7.50. The van der Waals surface area contributed by atoms with Crippen LogP contribution >= 0.6 is 22.9 Å². The third kappa shape index (κ3) is 2.92. The second-order valence-corrected chi connectivity index (χ2v) is 7.72. The van der Waals surface area contributed by atoms with Crippen LogP contribution in [0.3, 0.4) is 0 Å². The molecular weight excluding hydrogens is 300 g/mol. The molecule has 3 N–H and O–H groups in total. The fourth-order valence-electron chi connectivity index (χ4n) is 3.03. The van der Waals surface area contributed by atoms with Gasteiger partial charge in [-0.3, -0.25) is 0 Å². The molecule has 1 aliphatic rings. The van der Waals surface area contributed by atoms with Crippen LogP contribution in [0.25, 0.3) is 10.6 Å². The molecular formula is C15H22N4S2. The quantitative estimate of drug-likeness (QED) is 0.879. The summed E-state index contributed by atoms with van der Waals surface area (Å²) in [7, 11) is 0. The molecule has 114 valence electrons. The van der Waals surface area contributed by atoms with Crippen molar-refractivity contribution < 1.29 is 0 Å². The van der Waals surface area contributed by atoms with Crippen LogP contribution < -0.4 is 11.1 Å². The minimum atomic E-state index is 0.508. The van der Waals surface area contributed by atoms with Gasteiger partial charge in [0.05, 0.1) is 5.56 Å². The van der Waals surface area contributed by atoms with Gasteiger partial charge in [-0.2, -0.15) is 4.37 Å². The SMILES string of the molecule is Cc1csc(-c2c(N)nsc2NC2CCCC(C)C2C)n1. The number of anilines is 2. The maximum Gasteiger partial charge on any atom is 0.149 e. The molecule has 3 rings (SSSR count). The lowest BCUT2D eigenvalue weighted by Gasteiger charge is -2.34. The standard InChI is InChI=1S/C15H22N4S2/c1-8-5-4-6-11(10(8)3)18-15-12(13(16)19-21-15)14-17-9(2)7-20-14/h7-8,10-11,18H,4-6H2,1-3H3,(H2,16,19). The van der Waals surface area contributed by atoms with E-state index >= 15 is 0 Å². The number of nitrogen functional groups attached to an aromatic ring is 1. The Bertz CT molecular complexity index is 619. The largest absolute Gasteiger partial charge is 0.382 e. The van der Waals surface area contributed by atoms with Crippen molar-refractivity contribution in [3.05, 3.63) is 11.1 Å². The van der Waals surface area contributed by atoms with Gasteiger partial charge in [-0.1, -0.05) is 26.7 Å². The third-order valence-corrected chi connectivity index (χ3v) is 6.34. The van der Waals surface area contributed by atoms with Gasteiger partial charge in [0.25, 0.3) is 0 Å². The highest BCUT2D eigenvalue weighted by Crippen LogP contribution is 2.40. The molecule has 1 aliphatic carbocycles. The van der Waals surface area contributed by atoms with Crippen LogP contribution in [0.2, 0.25) is 0 Å². The zero-order valence-electron chi connectivity index (χ0n) is 12.7. The van der Waals surface area contributed by atoms with Gasteiger partial charge >= 0.3 is 0 Å². The first-order valence-corrected chi connectivity index (χ1v) is 9.15. The number of hydrogen-bond acceptors (Lipinski definition) is 6. The van der Waals surface area contributed by atoms with Crippen molar-refractivity contribution >= 4 is 33.7 Å². The minimum Gasteiger partial charge on any atom is -0.382 e. The third-order valence-electron chi connectivity index (χ3n) is 4.57. The summed E-state index contributed by atoms with van der Waals surface area (Å²) in [5.41, 5.74) is 8.10. The summed E-state index contributed by atoms with van der Waals surface area (Å²) in [4.78, 5) is 4.57. The van der Waals surface area contributed by atoms with Gasteiger partial charge in [-0.25, -0.2) is 4.98 Å². The Hall–Kier alpha value is -1.14. The average Bonchev–Trinajstić information content (AvgIpc) is 3.01.